The molecule has 3 saturated carbocycles. The number of hydrogen-bond acceptors (Lipinski definition) is 2. The minimum absolute atomic E-state index is 0.0524. The summed E-state index contributed by atoms with van der Waals surface area (Å²) in [5, 5.41) is 0. The fraction of sp³-hybridized carbons (Fsp3) is 0.962. The molecule has 0 N–H and O–H groups in total. The Bertz CT molecular complexity index is 556. The summed E-state index contributed by atoms with van der Waals surface area (Å²) in [6.07, 6.45) is 7.40. The number of ketones is 1. The molecule has 0 radical (unpaired) electrons. The molecule has 3 rings (SSSR count). The van der Waals surface area contributed by atoms with Gasteiger partial charge < -0.3 is 4.74 Å². The maximum absolute atomic E-state index is 11.7. The maximum Gasteiger partial charge on any atom is 0.132 e. The molecule has 0 aliphatic heterocycles. The van der Waals surface area contributed by atoms with E-state index in [1.165, 1.54) is 12.8 Å². The lowest BCUT2D eigenvalue weighted by atomic mass is 9.57. The SMILES string of the molecule is CCC(C)(OCC1CC2CC1C(C(C)(C)C)C2C(C)(C)C)C1CCC(=O)CC1. The standard InChI is InChI=1S/C26H46O2/c1-9-26(8,19-10-12-20(27)13-11-19)28-16-18-14-17-15-21(18)23(25(5,6)7)22(17)24(2,3)4/h17-19,21-23H,9-16H2,1-8H3. The molecule has 2 nitrogen and oxygen atoms in total. The van der Waals surface area contributed by atoms with Gasteiger partial charge in [-0.2, -0.15) is 0 Å². The summed E-state index contributed by atoms with van der Waals surface area (Å²) in [5.41, 5.74) is 0.715. The van der Waals surface area contributed by atoms with Gasteiger partial charge in [-0.15, -0.1) is 0 Å². The van der Waals surface area contributed by atoms with Gasteiger partial charge in [-0.1, -0.05) is 48.5 Å². The highest BCUT2D eigenvalue weighted by molar-refractivity contribution is 5.79. The van der Waals surface area contributed by atoms with Crippen molar-refractivity contribution in [2.24, 2.45) is 46.3 Å². The number of fused-ring (bicyclic) bond motifs is 2. The smallest absolute Gasteiger partial charge is 0.132 e. The van der Waals surface area contributed by atoms with Gasteiger partial charge >= 0.3 is 0 Å². The Kier molecular flexibility index (Phi) is 6.15. The van der Waals surface area contributed by atoms with E-state index in [1.54, 1.807) is 0 Å². The van der Waals surface area contributed by atoms with Crippen LogP contribution < -0.4 is 0 Å². The predicted octanol–water partition coefficient (Wildman–Crippen LogP) is 6.91. The van der Waals surface area contributed by atoms with E-state index >= 15 is 0 Å². The van der Waals surface area contributed by atoms with Gasteiger partial charge in [-0.3, -0.25) is 4.79 Å². The molecule has 28 heavy (non-hydrogen) atoms. The first kappa shape index (κ1) is 22.3. The highest BCUT2D eigenvalue weighted by atomic mass is 16.5. The van der Waals surface area contributed by atoms with Crippen molar-refractivity contribution >= 4 is 5.78 Å². The van der Waals surface area contributed by atoms with Crippen molar-refractivity contribution in [1.29, 1.82) is 0 Å². The quantitative estimate of drug-likeness (QED) is 0.509. The second kappa shape index (κ2) is 7.71. The van der Waals surface area contributed by atoms with Gasteiger partial charge in [-0.05, 0) is 85.4 Å². The predicted molar refractivity (Wildman–Crippen MR) is 117 cm³/mol. The van der Waals surface area contributed by atoms with E-state index in [0.717, 1.165) is 68.3 Å². The van der Waals surface area contributed by atoms with Crippen molar-refractivity contribution in [2.45, 2.75) is 106 Å². The summed E-state index contributed by atoms with van der Waals surface area (Å²) in [6, 6.07) is 0. The van der Waals surface area contributed by atoms with Crippen LogP contribution in [0.1, 0.15) is 100 Å². The molecule has 0 aromatic heterocycles. The van der Waals surface area contributed by atoms with Crippen LogP contribution in [0.15, 0.2) is 0 Å². The Morgan fingerprint density at radius 1 is 0.893 bits per heavy atom. The van der Waals surface area contributed by atoms with Crippen LogP contribution in [0.25, 0.3) is 0 Å². The fourth-order valence-electron chi connectivity index (χ4n) is 7.47. The van der Waals surface area contributed by atoms with Crippen LogP contribution >= 0.6 is 0 Å². The topological polar surface area (TPSA) is 26.3 Å². The van der Waals surface area contributed by atoms with Gasteiger partial charge in [0.15, 0.2) is 0 Å². The first-order valence-corrected chi connectivity index (χ1v) is 12.0. The summed E-state index contributed by atoms with van der Waals surface area (Å²) in [4.78, 5) is 11.7. The Balaban J connectivity index is 1.68. The van der Waals surface area contributed by atoms with Gasteiger partial charge in [0.05, 0.1) is 12.2 Å². The molecule has 0 heterocycles. The number of carbonyl (C=O) groups is 1. The van der Waals surface area contributed by atoms with E-state index in [1.807, 2.05) is 0 Å². The third kappa shape index (κ3) is 4.23. The largest absolute Gasteiger partial charge is 0.375 e. The minimum Gasteiger partial charge on any atom is -0.375 e. The van der Waals surface area contributed by atoms with E-state index in [2.05, 4.69) is 55.4 Å². The van der Waals surface area contributed by atoms with Gasteiger partial charge in [0.2, 0.25) is 0 Å². The number of ether oxygens (including phenoxy) is 1. The van der Waals surface area contributed by atoms with Gasteiger partial charge in [0, 0.05) is 12.8 Å². The van der Waals surface area contributed by atoms with Crippen molar-refractivity contribution < 1.29 is 9.53 Å². The van der Waals surface area contributed by atoms with Crippen LogP contribution in [0.5, 0.6) is 0 Å². The Morgan fingerprint density at radius 3 is 1.96 bits per heavy atom. The molecule has 0 saturated heterocycles. The molecule has 0 spiro atoms. The summed E-state index contributed by atoms with van der Waals surface area (Å²) in [7, 11) is 0. The Labute approximate surface area is 174 Å². The lowest BCUT2D eigenvalue weighted by Gasteiger charge is -2.49. The van der Waals surface area contributed by atoms with Gasteiger partial charge in [-0.25, -0.2) is 0 Å². The second-order valence-electron chi connectivity index (χ2n) is 12.7. The van der Waals surface area contributed by atoms with E-state index < -0.39 is 0 Å². The molecule has 162 valence electrons. The van der Waals surface area contributed by atoms with Crippen molar-refractivity contribution in [1.82, 2.24) is 0 Å². The molecule has 2 bridgehead atoms. The zero-order chi connectivity index (χ0) is 20.9. The van der Waals surface area contributed by atoms with E-state index in [9.17, 15) is 4.79 Å². The Hall–Kier alpha value is -0.370. The summed E-state index contributed by atoms with van der Waals surface area (Å²) < 4.78 is 6.76. The van der Waals surface area contributed by atoms with Crippen LogP contribution in [-0.4, -0.2) is 18.0 Å². The Morgan fingerprint density at radius 2 is 1.46 bits per heavy atom. The number of carbonyl (C=O) groups excluding carboxylic acids is 1. The summed E-state index contributed by atoms with van der Waals surface area (Å²) >= 11 is 0. The third-order valence-electron chi connectivity index (χ3n) is 8.88. The molecule has 3 aliphatic rings. The fourth-order valence-corrected chi connectivity index (χ4v) is 7.47. The number of rotatable bonds is 5. The zero-order valence-electron chi connectivity index (χ0n) is 19.9. The second-order valence-corrected chi connectivity index (χ2v) is 12.7. The third-order valence-corrected chi connectivity index (χ3v) is 8.88. The molecule has 3 fully saturated rings. The van der Waals surface area contributed by atoms with E-state index in [4.69, 9.17) is 4.74 Å². The highest BCUT2D eigenvalue weighted by Gasteiger charge is 2.58. The molecule has 0 amide bonds. The van der Waals surface area contributed by atoms with E-state index in [0.29, 0.717) is 22.5 Å². The van der Waals surface area contributed by atoms with E-state index in [-0.39, 0.29) is 5.60 Å². The molecular weight excluding hydrogens is 344 g/mol. The lowest BCUT2D eigenvalue weighted by molar-refractivity contribution is -0.130. The molecule has 0 aromatic carbocycles. The minimum atomic E-state index is -0.0524. The zero-order valence-corrected chi connectivity index (χ0v) is 19.9. The van der Waals surface area contributed by atoms with Gasteiger partial charge in [0.25, 0.3) is 0 Å². The van der Waals surface area contributed by atoms with Gasteiger partial charge in [0.1, 0.15) is 5.78 Å². The van der Waals surface area contributed by atoms with Crippen molar-refractivity contribution in [3.05, 3.63) is 0 Å². The first-order chi connectivity index (χ1) is 12.9. The lowest BCUT2D eigenvalue weighted by Crippen LogP contribution is -2.45. The van der Waals surface area contributed by atoms with Crippen molar-refractivity contribution in [3.63, 3.8) is 0 Å². The van der Waals surface area contributed by atoms with Crippen LogP contribution in [0.4, 0.5) is 0 Å². The van der Waals surface area contributed by atoms with Crippen LogP contribution in [0.2, 0.25) is 0 Å². The molecule has 3 aliphatic carbocycles. The maximum atomic E-state index is 11.7. The average molecular weight is 391 g/mol. The first-order valence-electron chi connectivity index (χ1n) is 12.0. The molecule has 0 aromatic rings. The number of Topliss-reactive ketones (excluding diaryl/α,β-unsaturated/α-hetero) is 1. The van der Waals surface area contributed by atoms with Crippen LogP contribution in [0.3, 0.4) is 0 Å². The van der Waals surface area contributed by atoms with Crippen molar-refractivity contribution in [2.75, 3.05) is 6.61 Å². The molecule has 6 atom stereocenters. The highest BCUT2D eigenvalue weighted by Crippen LogP contribution is 2.64. The van der Waals surface area contributed by atoms with Crippen LogP contribution in [0, 0.1) is 46.3 Å². The number of hydrogen-bond donors (Lipinski definition) is 0. The van der Waals surface area contributed by atoms with Crippen molar-refractivity contribution in [3.8, 4) is 0 Å². The summed E-state index contributed by atoms with van der Waals surface area (Å²) in [5.74, 6) is 5.07. The summed E-state index contributed by atoms with van der Waals surface area (Å²) in [6.45, 7) is 20.3. The monoisotopic (exact) mass is 390 g/mol. The molecular formula is C26H46O2. The van der Waals surface area contributed by atoms with Crippen LogP contribution in [-0.2, 0) is 9.53 Å². The molecule has 2 heteroatoms. The molecule has 6 unspecified atom stereocenters. The average Bonchev–Trinajstić information content (AvgIpc) is 3.17. The normalized spacial score (nSPS) is 36.7.